The zero-order valence-electron chi connectivity index (χ0n) is 19.3. The van der Waals surface area contributed by atoms with E-state index in [9.17, 15) is 9.59 Å². The lowest BCUT2D eigenvalue weighted by Crippen LogP contribution is -2.41. The summed E-state index contributed by atoms with van der Waals surface area (Å²) >= 11 is 0. The summed E-state index contributed by atoms with van der Waals surface area (Å²) in [5.74, 6) is 0.969. The van der Waals surface area contributed by atoms with Gasteiger partial charge in [-0.25, -0.2) is 0 Å². The van der Waals surface area contributed by atoms with Crippen molar-refractivity contribution in [1.82, 2.24) is 4.90 Å². The van der Waals surface area contributed by atoms with Crippen LogP contribution >= 0.6 is 0 Å². The lowest BCUT2D eigenvalue weighted by atomic mass is 9.93. The molecule has 1 N–H and O–H groups in total. The van der Waals surface area contributed by atoms with Crippen LogP contribution in [0, 0.1) is 17.8 Å². The monoisotopic (exact) mass is 397 g/mol. The van der Waals surface area contributed by atoms with Gasteiger partial charge in [0.15, 0.2) is 0 Å². The van der Waals surface area contributed by atoms with Gasteiger partial charge in [0.2, 0.25) is 5.91 Å². The maximum atomic E-state index is 13.3. The average Bonchev–Trinajstić information content (AvgIpc) is 2.67. The molecule has 3 atom stereocenters. The summed E-state index contributed by atoms with van der Waals surface area (Å²) in [5.41, 5.74) is 0. The first-order valence-electron chi connectivity index (χ1n) is 11.9. The van der Waals surface area contributed by atoms with E-state index < -0.39 is 5.97 Å². The Kier molecular flexibility index (Phi) is 16.2. The van der Waals surface area contributed by atoms with E-state index in [1.165, 1.54) is 0 Å². The standard InChI is InChI=1S/C24H47NO3/c1-6-15-22(16-13-11-9-10-12-14-17-23(26)27)24(28)25(18-20(4)7-2)19-21(5)8-3/h20-22H,6-19H2,1-5H3,(H,26,27). The Labute approximate surface area is 174 Å². The first-order chi connectivity index (χ1) is 13.3. The second-order valence-electron chi connectivity index (χ2n) is 8.81. The molecule has 0 aromatic heterocycles. The molecule has 0 aliphatic rings. The number of nitrogens with zero attached hydrogens (tertiary/aromatic N) is 1. The van der Waals surface area contributed by atoms with Crippen LogP contribution in [-0.2, 0) is 9.59 Å². The number of aliphatic carboxylic acids is 1. The van der Waals surface area contributed by atoms with Crippen LogP contribution in [0.2, 0.25) is 0 Å². The van der Waals surface area contributed by atoms with Gasteiger partial charge in [0.05, 0.1) is 0 Å². The molecule has 0 saturated carbocycles. The zero-order chi connectivity index (χ0) is 21.4. The van der Waals surface area contributed by atoms with Gasteiger partial charge in [-0.3, -0.25) is 9.59 Å². The Morgan fingerprint density at radius 1 is 0.786 bits per heavy atom. The summed E-state index contributed by atoms with van der Waals surface area (Å²) in [6, 6.07) is 0. The third-order valence-corrected chi connectivity index (χ3v) is 5.95. The molecular weight excluding hydrogens is 350 g/mol. The van der Waals surface area contributed by atoms with E-state index in [0.717, 1.165) is 83.7 Å². The molecule has 0 fully saturated rings. The molecule has 0 heterocycles. The number of carboxylic acid groups (broad SMARTS) is 1. The van der Waals surface area contributed by atoms with Crippen LogP contribution in [-0.4, -0.2) is 35.0 Å². The van der Waals surface area contributed by atoms with Crippen molar-refractivity contribution in [3.8, 4) is 0 Å². The van der Waals surface area contributed by atoms with E-state index in [-0.39, 0.29) is 12.3 Å². The van der Waals surface area contributed by atoms with Crippen LogP contribution in [0.3, 0.4) is 0 Å². The average molecular weight is 398 g/mol. The summed E-state index contributed by atoms with van der Waals surface area (Å²) in [5, 5.41) is 8.67. The maximum absolute atomic E-state index is 13.3. The normalized spacial score (nSPS) is 14.5. The van der Waals surface area contributed by atoms with Crippen molar-refractivity contribution in [2.75, 3.05) is 13.1 Å². The number of carbonyl (C=O) groups excluding carboxylic acids is 1. The molecule has 0 saturated heterocycles. The van der Waals surface area contributed by atoms with Crippen molar-refractivity contribution in [1.29, 1.82) is 0 Å². The molecule has 0 aliphatic carbocycles. The molecule has 0 aliphatic heterocycles. The molecular formula is C24H47NO3. The Morgan fingerprint density at radius 2 is 1.29 bits per heavy atom. The van der Waals surface area contributed by atoms with Gasteiger partial charge in [-0.15, -0.1) is 0 Å². The highest BCUT2D eigenvalue weighted by Crippen LogP contribution is 2.22. The highest BCUT2D eigenvalue weighted by Gasteiger charge is 2.25. The molecule has 0 radical (unpaired) electrons. The van der Waals surface area contributed by atoms with Crippen LogP contribution in [0.4, 0.5) is 0 Å². The van der Waals surface area contributed by atoms with Crippen molar-refractivity contribution in [3.05, 3.63) is 0 Å². The van der Waals surface area contributed by atoms with Gasteiger partial charge < -0.3 is 10.0 Å². The smallest absolute Gasteiger partial charge is 0.303 e. The third kappa shape index (κ3) is 13.2. The lowest BCUT2D eigenvalue weighted by molar-refractivity contribution is -0.138. The highest BCUT2D eigenvalue weighted by molar-refractivity contribution is 5.78. The van der Waals surface area contributed by atoms with E-state index in [2.05, 4.69) is 39.5 Å². The fraction of sp³-hybridized carbons (Fsp3) is 0.917. The van der Waals surface area contributed by atoms with Crippen LogP contribution in [0.1, 0.15) is 112 Å². The van der Waals surface area contributed by atoms with Crippen LogP contribution in [0.15, 0.2) is 0 Å². The van der Waals surface area contributed by atoms with Gasteiger partial charge in [-0.1, -0.05) is 86.0 Å². The molecule has 0 spiro atoms. The molecule has 28 heavy (non-hydrogen) atoms. The number of hydrogen-bond acceptors (Lipinski definition) is 2. The van der Waals surface area contributed by atoms with Gasteiger partial charge >= 0.3 is 5.97 Å². The molecule has 4 nitrogen and oxygen atoms in total. The van der Waals surface area contributed by atoms with E-state index in [4.69, 9.17) is 5.11 Å². The molecule has 1 amide bonds. The van der Waals surface area contributed by atoms with E-state index in [1.807, 2.05) is 0 Å². The first kappa shape index (κ1) is 26.9. The Bertz CT molecular complexity index is 399. The van der Waals surface area contributed by atoms with Crippen molar-refractivity contribution >= 4 is 11.9 Å². The minimum absolute atomic E-state index is 0.171. The van der Waals surface area contributed by atoms with Gasteiger partial charge in [-0.2, -0.15) is 0 Å². The van der Waals surface area contributed by atoms with Crippen molar-refractivity contribution in [3.63, 3.8) is 0 Å². The Balaban J connectivity index is 4.48. The van der Waals surface area contributed by atoms with Gasteiger partial charge in [0.1, 0.15) is 0 Å². The number of carboxylic acids is 1. The van der Waals surface area contributed by atoms with Crippen molar-refractivity contribution < 1.29 is 14.7 Å². The van der Waals surface area contributed by atoms with Crippen LogP contribution in [0.25, 0.3) is 0 Å². The predicted molar refractivity (Wildman–Crippen MR) is 118 cm³/mol. The minimum atomic E-state index is -0.694. The number of amides is 1. The lowest BCUT2D eigenvalue weighted by Gasteiger charge is -2.31. The molecule has 166 valence electrons. The second kappa shape index (κ2) is 16.9. The minimum Gasteiger partial charge on any atom is -0.481 e. The summed E-state index contributed by atoms with van der Waals surface area (Å²) in [4.78, 5) is 26.0. The SMILES string of the molecule is CCCC(CCCCCCCCC(=O)O)C(=O)N(CC(C)CC)CC(C)CC. The number of unbranched alkanes of at least 4 members (excludes halogenated alkanes) is 5. The van der Waals surface area contributed by atoms with Gasteiger partial charge in [0.25, 0.3) is 0 Å². The third-order valence-electron chi connectivity index (χ3n) is 5.95. The molecule has 0 rings (SSSR count). The second-order valence-corrected chi connectivity index (χ2v) is 8.81. The van der Waals surface area contributed by atoms with E-state index in [1.54, 1.807) is 0 Å². The number of rotatable bonds is 18. The molecule has 0 aromatic carbocycles. The van der Waals surface area contributed by atoms with E-state index >= 15 is 0 Å². The largest absolute Gasteiger partial charge is 0.481 e. The van der Waals surface area contributed by atoms with Crippen LogP contribution in [0.5, 0.6) is 0 Å². The topological polar surface area (TPSA) is 57.6 Å². The summed E-state index contributed by atoms with van der Waals surface area (Å²) < 4.78 is 0. The fourth-order valence-corrected chi connectivity index (χ4v) is 3.64. The van der Waals surface area contributed by atoms with Crippen LogP contribution < -0.4 is 0 Å². The van der Waals surface area contributed by atoms with E-state index in [0.29, 0.717) is 17.7 Å². The quantitative estimate of drug-likeness (QED) is 0.267. The maximum Gasteiger partial charge on any atom is 0.303 e. The van der Waals surface area contributed by atoms with Crippen molar-refractivity contribution in [2.24, 2.45) is 17.8 Å². The Hall–Kier alpha value is -1.06. The first-order valence-corrected chi connectivity index (χ1v) is 11.9. The summed E-state index contributed by atoms with van der Waals surface area (Å²) in [6.45, 7) is 12.9. The fourth-order valence-electron chi connectivity index (χ4n) is 3.64. The number of hydrogen-bond donors (Lipinski definition) is 1. The molecule has 3 unspecified atom stereocenters. The van der Waals surface area contributed by atoms with Gasteiger partial charge in [0, 0.05) is 25.4 Å². The Morgan fingerprint density at radius 3 is 1.75 bits per heavy atom. The predicted octanol–water partition coefficient (Wildman–Crippen LogP) is 6.53. The molecule has 0 aromatic rings. The number of carbonyl (C=O) groups is 2. The van der Waals surface area contributed by atoms with Crippen molar-refractivity contribution in [2.45, 2.75) is 112 Å². The molecule has 4 heteroatoms. The summed E-state index contributed by atoms with van der Waals surface area (Å²) in [6.07, 6.45) is 11.9. The summed E-state index contributed by atoms with van der Waals surface area (Å²) in [7, 11) is 0. The highest BCUT2D eigenvalue weighted by atomic mass is 16.4. The van der Waals surface area contributed by atoms with Gasteiger partial charge in [-0.05, 0) is 31.1 Å². The molecule has 0 bridgehead atoms. The zero-order valence-corrected chi connectivity index (χ0v) is 19.3.